The average Bonchev–Trinajstić information content (AvgIpc) is 3.51. The summed E-state index contributed by atoms with van der Waals surface area (Å²) in [5, 5.41) is 6.12. The van der Waals surface area contributed by atoms with E-state index in [1.165, 1.54) is 16.3 Å². The van der Waals surface area contributed by atoms with Crippen LogP contribution in [-0.2, 0) is 9.59 Å². The normalized spacial score (nSPS) is 13.5. The molecule has 1 saturated heterocycles. The summed E-state index contributed by atoms with van der Waals surface area (Å²) in [4.78, 5) is 43.6. The first-order valence-electron chi connectivity index (χ1n) is 12.0. The molecule has 0 bridgehead atoms. The summed E-state index contributed by atoms with van der Waals surface area (Å²) in [5.74, 6) is 0.516. The summed E-state index contributed by atoms with van der Waals surface area (Å²) in [6, 6.07) is 19.2. The van der Waals surface area contributed by atoms with Gasteiger partial charge in [0, 0.05) is 18.4 Å². The average molecular weight is 529 g/mol. The highest BCUT2D eigenvalue weighted by molar-refractivity contribution is 7.22. The molecule has 10 heteroatoms. The minimum atomic E-state index is -0.413. The van der Waals surface area contributed by atoms with Gasteiger partial charge in [0.1, 0.15) is 11.5 Å². The zero-order valence-electron chi connectivity index (χ0n) is 20.8. The monoisotopic (exact) mass is 528 g/mol. The number of anilines is 2. The third-order valence-corrected chi connectivity index (χ3v) is 6.89. The first kappa shape index (κ1) is 25.1. The van der Waals surface area contributed by atoms with Crippen LogP contribution in [0.4, 0.5) is 10.8 Å². The van der Waals surface area contributed by atoms with Crippen LogP contribution in [0.15, 0.2) is 71.8 Å². The molecule has 4 aromatic rings. The highest BCUT2D eigenvalue weighted by atomic mass is 32.1. The third-order valence-electron chi connectivity index (χ3n) is 5.90. The maximum Gasteiger partial charge on any atom is 0.280 e. The van der Waals surface area contributed by atoms with Gasteiger partial charge in [0.15, 0.2) is 0 Å². The lowest BCUT2D eigenvalue weighted by Crippen LogP contribution is -2.29. The number of ether oxygens (including phenoxy) is 2. The van der Waals surface area contributed by atoms with Gasteiger partial charge in [0.05, 0.1) is 35.8 Å². The van der Waals surface area contributed by atoms with Crippen molar-refractivity contribution in [1.29, 1.82) is 0 Å². The van der Waals surface area contributed by atoms with Crippen LogP contribution in [0.25, 0.3) is 10.2 Å². The molecule has 0 aliphatic carbocycles. The Hall–Kier alpha value is -4.57. The van der Waals surface area contributed by atoms with Gasteiger partial charge in [-0.25, -0.2) is 4.98 Å². The Morgan fingerprint density at radius 2 is 1.71 bits per heavy atom. The topological polar surface area (TPSA) is 101 Å². The van der Waals surface area contributed by atoms with Crippen molar-refractivity contribution >= 4 is 56.3 Å². The smallest absolute Gasteiger partial charge is 0.280 e. The van der Waals surface area contributed by atoms with Crippen molar-refractivity contribution in [2.75, 3.05) is 23.6 Å². The largest absolute Gasteiger partial charge is 0.497 e. The number of methoxy groups -OCH3 is 1. The van der Waals surface area contributed by atoms with Gasteiger partial charge >= 0.3 is 0 Å². The Kier molecular flexibility index (Phi) is 7.14. The molecule has 1 fully saturated rings. The van der Waals surface area contributed by atoms with Crippen LogP contribution in [0, 0.1) is 0 Å². The Morgan fingerprint density at radius 3 is 2.37 bits per heavy atom. The molecule has 9 nitrogen and oxygen atoms in total. The molecule has 0 spiro atoms. The minimum Gasteiger partial charge on any atom is -0.497 e. The summed E-state index contributed by atoms with van der Waals surface area (Å²) in [6.45, 7) is 2.48. The van der Waals surface area contributed by atoms with Gasteiger partial charge in [-0.15, -0.1) is 0 Å². The van der Waals surface area contributed by atoms with Crippen LogP contribution < -0.4 is 19.4 Å². The van der Waals surface area contributed by atoms with Crippen molar-refractivity contribution in [3.8, 4) is 11.5 Å². The lowest BCUT2D eigenvalue weighted by atomic mass is 10.2. The van der Waals surface area contributed by atoms with E-state index in [1.54, 1.807) is 43.7 Å². The number of carbonyl (C=O) groups is 3. The molecule has 192 valence electrons. The number of thiazole rings is 1. The molecular weight excluding hydrogens is 504 g/mol. The molecule has 1 aliphatic heterocycles. The van der Waals surface area contributed by atoms with Crippen molar-refractivity contribution in [3.63, 3.8) is 0 Å². The molecule has 0 unspecified atom stereocenters. The lowest BCUT2D eigenvalue weighted by molar-refractivity contribution is -0.121. The van der Waals surface area contributed by atoms with Gasteiger partial charge in [-0.2, -0.15) is 10.1 Å². The fourth-order valence-electron chi connectivity index (χ4n) is 3.98. The Balaban J connectivity index is 1.48. The standard InChI is InChI=1S/C28H24N4O5S/c1-3-37-21-10-4-18(5-11-21)17-29-32(28-30-23-13-12-22(36-2)16-24(23)38-28)27(35)19-6-8-20(9-7-19)31-25(33)14-15-26(31)34/h4-13,16-17H,3,14-15H2,1-2H3/b29-17+. The first-order chi connectivity index (χ1) is 18.5. The van der Waals surface area contributed by atoms with E-state index in [9.17, 15) is 14.4 Å². The Bertz CT molecular complexity index is 1510. The fourth-order valence-corrected chi connectivity index (χ4v) is 4.93. The second-order valence-electron chi connectivity index (χ2n) is 8.36. The molecule has 3 aromatic carbocycles. The highest BCUT2D eigenvalue weighted by Gasteiger charge is 2.30. The molecule has 1 aliphatic rings. The number of hydrogen-bond acceptors (Lipinski definition) is 8. The zero-order chi connectivity index (χ0) is 26.6. The molecule has 0 radical (unpaired) electrons. The number of carbonyl (C=O) groups excluding carboxylic acids is 3. The van der Waals surface area contributed by atoms with E-state index in [4.69, 9.17) is 9.47 Å². The number of fused-ring (bicyclic) bond motifs is 1. The number of imide groups is 1. The van der Waals surface area contributed by atoms with Crippen molar-refractivity contribution in [2.24, 2.45) is 5.10 Å². The van der Waals surface area contributed by atoms with E-state index in [0.29, 0.717) is 34.3 Å². The van der Waals surface area contributed by atoms with E-state index < -0.39 is 5.91 Å². The fraction of sp³-hybridized carbons (Fsp3) is 0.179. The predicted molar refractivity (Wildman–Crippen MR) is 146 cm³/mol. The molecule has 3 amide bonds. The lowest BCUT2D eigenvalue weighted by Gasteiger charge is -2.16. The van der Waals surface area contributed by atoms with Crippen LogP contribution in [0.5, 0.6) is 11.5 Å². The third kappa shape index (κ3) is 5.12. The van der Waals surface area contributed by atoms with E-state index in [2.05, 4.69) is 10.1 Å². The van der Waals surface area contributed by atoms with Crippen molar-refractivity contribution in [2.45, 2.75) is 19.8 Å². The van der Waals surface area contributed by atoms with Gasteiger partial charge in [0.2, 0.25) is 16.9 Å². The summed E-state index contributed by atoms with van der Waals surface area (Å²) in [5.41, 5.74) is 2.25. The van der Waals surface area contributed by atoms with Crippen molar-refractivity contribution in [1.82, 2.24) is 4.98 Å². The molecule has 5 rings (SSSR count). The van der Waals surface area contributed by atoms with Crippen molar-refractivity contribution < 1.29 is 23.9 Å². The number of hydrogen-bond donors (Lipinski definition) is 0. The zero-order valence-corrected chi connectivity index (χ0v) is 21.6. The van der Waals surface area contributed by atoms with E-state index in [1.807, 2.05) is 43.3 Å². The van der Waals surface area contributed by atoms with Gasteiger partial charge in [-0.05, 0) is 79.2 Å². The number of aromatic nitrogens is 1. The molecule has 0 atom stereocenters. The second-order valence-corrected chi connectivity index (χ2v) is 9.37. The Morgan fingerprint density at radius 1 is 1.03 bits per heavy atom. The van der Waals surface area contributed by atoms with Crippen LogP contribution in [-0.4, -0.2) is 42.6 Å². The summed E-state index contributed by atoms with van der Waals surface area (Å²) in [6.07, 6.45) is 1.96. The van der Waals surface area contributed by atoms with E-state index in [-0.39, 0.29) is 24.7 Å². The van der Waals surface area contributed by atoms with Crippen LogP contribution in [0.1, 0.15) is 35.7 Å². The van der Waals surface area contributed by atoms with Crippen LogP contribution in [0.2, 0.25) is 0 Å². The maximum absolute atomic E-state index is 13.7. The number of amides is 3. The Labute approximate surface area is 222 Å². The van der Waals surface area contributed by atoms with E-state index >= 15 is 0 Å². The SMILES string of the molecule is CCOc1ccc(/C=N/N(C(=O)c2ccc(N3C(=O)CCC3=O)cc2)c2nc3ccc(OC)cc3s2)cc1. The molecule has 1 aromatic heterocycles. The molecule has 0 N–H and O–H groups in total. The van der Waals surface area contributed by atoms with Gasteiger partial charge < -0.3 is 9.47 Å². The summed E-state index contributed by atoms with van der Waals surface area (Å²) >= 11 is 1.31. The first-order valence-corrected chi connectivity index (χ1v) is 12.8. The summed E-state index contributed by atoms with van der Waals surface area (Å²) in [7, 11) is 1.59. The molecule has 2 heterocycles. The van der Waals surface area contributed by atoms with Gasteiger partial charge in [-0.3, -0.25) is 19.3 Å². The quantitative estimate of drug-likeness (QED) is 0.180. The second kappa shape index (κ2) is 10.8. The minimum absolute atomic E-state index is 0.190. The van der Waals surface area contributed by atoms with Gasteiger partial charge in [0.25, 0.3) is 5.91 Å². The number of rotatable bonds is 8. The van der Waals surface area contributed by atoms with Gasteiger partial charge in [-0.1, -0.05) is 11.3 Å². The molecule has 38 heavy (non-hydrogen) atoms. The van der Waals surface area contributed by atoms with Crippen LogP contribution in [0.3, 0.4) is 0 Å². The number of hydrazone groups is 1. The van der Waals surface area contributed by atoms with Crippen LogP contribution >= 0.6 is 11.3 Å². The molecule has 0 saturated carbocycles. The highest BCUT2D eigenvalue weighted by Crippen LogP contribution is 2.33. The predicted octanol–water partition coefficient (Wildman–Crippen LogP) is 5.04. The molecular formula is C28H24N4O5S. The van der Waals surface area contributed by atoms with E-state index in [0.717, 1.165) is 20.9 Å². The number of benzene rings is 3. The summed E-state index contributed by atoms with van der Waals surface area (Å²) < 4.78 is 11.6. The van der Waals surface area contributed by atoms with Crippen molar-refractivity contribution in [3.05, 3.63) is 77.9 Å². The number of nitrogens with zero attached hydrogens (tertiary/aromatic N) is 4. The maximum atomic E-state index is 13.7.